The summed E-state index contributed by atoms with van der Waals surface area (Å²) in [6.45, 7) is 10.2. The van der Waals surface area contributed by atoms with Crippen molar-refractivity contribution >= 4 is 0 Å². The zero-order chi connectivity index (χ0) is 10.8. The van der Waals surface area contributed by atoms with Gasteiger partial charge in [-0.05, 0) is 18.9 Å². The fourth-order valence-corrected chi connectivity index (χ4v) is 2.24. The Hall–Kier alpha value is -0.0400. The van der Waals surface area contributed by atoms with Gasteiger partial charge in [-0.1, -0.05) is 59.8 Å². The number of hydrogen-bond acceptors (Lipinski definition) is 1. The van der Waals surface area contributed by atoms with Crippen molar-refractivity contribution in [2.75, 3.05) is 6.54 Å². The topological polar surface area (TPSA) is 12.0 Å². The third-order valence-corrected chi connectivity index (χ3v) is 3.20. The molecule has 0 saturated carbocycles. The summed E-state index contributed by atoms with van der Waals surface area (Å²) in [6, 6.07) is 0.765. The second-order valence-corrected chi connectivity index (χ2v) is 4.24. The van der Waals surface area contributed by atoms with Crippen LogP contribution in [0.25, 0.3) is 0 Å². The summed E-state index contributed by atoms with van der Waals surface area (Å²) in [7, 11) is 0. The maximum absolute atomic E-state index is 3.64. The first kappa shape index (κ1) is 14.0. The molecule has 1 atom stereocenters. The lowest BCUT2D eigenvalue weighted by molar-refractivity contribution is 0.315. The summed E-state index contributed by atoms with van der Waals surface area (Å²) in [5, 5.41) is 3.64. The molecule has 1 unspecified atom stereocenters. The lowest BCUT2D eigenvalue weighted by Gasteiger charge is -2.26. The molecule has 0 heterocycles. The highest BCUT2D eigenvalue weighted by Crippen LogP contribution is 2.18. The summed E-state index contributed by atoms with van der Waals surface area (Å²) < 4.78 is 0. The monoisotopic (exact) mass is 199 g/mol. The standard InChI is InChI=1S/C13H29N/c1-5-9-10-11-13(14-8-4)12(6-2)7-3/h12-14H,5-11H2,1-4H3. The second kappa shape index (κ2) is 9.51. The van der Waals surface area contributed by atoms with Crippen LogP contribution in [0.2, 0.25) is 0 Å². The molecule has 0 fully saturated rings. The molecule has 0 aliphatic rings. The second-order valence-electron chi connectivity index (χ2n) is 4.24. The molecule has 0 rings (SSSR count). The summed E-state index contributed by atoms with van der Waals surface area (Å²) in [4.78, 5) is 0. The van der Waals surface area contributed by atoms with Crippen molar-refractivity contribution in [3.8, 4) is 0 Å². The Morgan fingerprint density at radius 2 is 1.57 bits per heavy atom. The highest BCUT2D eigenvalue weighted by atomic mass is 14.9. The molecular weight excluding hydrogens is 170 g/mol. The first-order valence-electron chi connectivity index (χ1n) is 6.53. The zero-order valence-corrected chi connectivity index (χ0v) is 10.6. The van der Waals surface area contributed by atoms with Gasteiger partial charge in [-0.25, -0.2) is 0 Å². The Balaban J connectivity index is 3.85. The Morgan fingerprint density at radius 3 is 2.00 bits per heavy atom. The van der Waals surface area contributed by atoms with E-state index in [-0.39, 0.29) is 0 Å². The van der Waals surface area contributed by atoms with Crippen molar-refractivity contribution in [3.05, 3.63) is 0 Å². The fraction of sp³-hybridized carbons (Fsp3) is 1.00. The molecule has 0 spiro atoms. The normalized spacial score (nSPS) is 13.5. The smallest absolute Gasteiger partial charge is 0.00950 e. The molecule has 1 heteroatoms. The van der Waals surface area contributed by atoms with E-state index in [2.05, 4.69) is 33.0 Å². The van der Waals surface area contributed by atoms with Crippen LogP contribution in [-0.2, 0) is 0 Å². The van der Waals surface area contributed by atoms with E-state index in [4.69, 9.17) is 0 Å². The van der Waals surface area contributed by atoms with Crippen LogP contribution in [0.1, 0.15) is 66.2 Å². The van der Waals surface area contributed by atoms with Crippen LogP contribution < -0.4 is 5.32 Å². The number of unbranched alkanes of at least 4 members (excludes halogenated alkanes) is 2. The van der Waals surface area contributed by atoms with E-state index in [1.165, 1.54) is 38.5 Å². The van der Waals surface area contributed by atoms with Crippen molar-refractivity contribution in [1.82, 2.24) is 5.32 Å². The molecule has 0 radical (unpaired) electrons. The first-order chi connectivity index (χ1) is 6.79. The van der Waals surface area contributed by atoms with Gasteiger partial charge in [0, 0.05) is 6.04 Å². The minimum atomic E-state index is 0.765. The molecule has 0 bridgehead atoms. The summed E-state index contributed by atoms with van der Waals surface area (Å²) in [5.74, 6) is 0.881. The predicted octanol–water partition coefficient (Wildman–Crippen LogP) is 3.98. The van der Waals surface area contributed by atoms with E-state index in [0.717, 1.165) is 18.5 Å². The van der Waals surface area contributed by atoms with Gasteiger partial charge < -0.3 is 5.32 Å². The molecule has 0 aromatic carbocycles. The van der Waals surface area contributed by atoms with Crippen molar-refractivity contribution in [3.63, 3.8) is 0 Å². The molecule has 0 aliphatic heterocycles. The van der Waals surface area contributed by atoms with E-state index in [1.54, 1.807) is 0 Å². The van der Waals surface area contributed by atoms with Crippen LogP contribution in [0.4, 0.5) is 0 Å². The predicted molar refractivity (Wildman–Crippen MR) is 65.7 cm³/mol. The quantitative estimate of drug-likeness (QED) is 0.554. The van der Waals surface area contributed by atoms with Gasteiger partial charge in [0.1, 0.15) is 0 Å². The van der Waals surface area contributed by atoms with Crippen molar-refractivity contribution in [1.29, 1.82) is 0 Å². The van der Waals surface area contributed by atoms with Crippen LogP contribution in [0, 0.1) is 5.92 Å². The van der Waals surface area contributed by atoms with E-state index < -0.39 is 0 Å². The maximum Gasteiger partial charge on any atom is 0.00950 e. The van der Waals surface area contributed by atoms with Crippen LogP contribution >= 0.6 is 0 Å². The number of rotatable bonds is 9. The van der Waals surface area contributed by atoms with Gasteiger partial charge in [0.15, 0.2) is 0 Å². The average Bonchev–Trinajstić information content (AvgIpc) is 2.20. The molecule has 0 aromatic rings. The summed E-state index contributed by atoms with van der Waals surface area (Å²) in [6.07, 6.45) is 8.13. The molecule has 0 aromatic heterocycles. The van der Waals surface area contributed by atoms with Crippen molar-refractivity contribution < 1.29 is 0 Å². The van der Waals surface area contributed by atoms with Gasteiger partial charge in [-0.15, -0.1) is 0 Å². The maximum atomic E-state index is 3.64. The van der Waals surface area contributed by atoms with Gasteiger partial charge in [0.05, 0.1) is 0 Å². The molecule has 0 saturated heterocycles. The number of hydrogen-bond donors (Lipinski definition) is 1. The van der Waals surface area contributed by atoms with Gasteiger partial charge in [-0.2, -0.15) is 0 Å². The Labute approximate surface area is 90.7 Å². The highest BCUT2D eigenvalue weighted by Gasteiger charge is 2.16. The van der Waals surface area contributed by atoms with Gasteiger partial charge in [-0.3, -0.25) is 0 Å². The molecular formula is C13H29N. The largest absolute Gasteiger partial charge is 0.314 e. The fourth-order valence-electron chi connectivity index (χ4n) is 2.24. The van der Waals surface area contributed by atoms with Crippen LogP contribution in [0.5, 0.6) is 0 Å². The molecule has 0 aliphatic carbocycles. The van der Waals surface area contributed by atoms with Gasteiger partial charge in [0.2, 0.25) is 0 Å². The zero-order valence-electron chi connectivity index (χ0n) is 10.6. The average molecular weight is 199 g/mol. The van der Waals surface area contributed by atoms with Crippen LogP contribution in [0.15, 0.2) is 0 Å². The molecule has 1 nitrogen and oxygen atoms in total. The lowest BCUT2D eigenvalue weighted by atomic mass is 9.90. The van der Waals surface area contributed by atoms with E-state index in [0.29, 0.717) is 0 Å². The van der Waals surface area contributed by atoms with E-state index >= 15 is 0 Å². The highest BCUT2D eigenvalue weighted by molar-refractivity contribution is 4.74. The molecule has 1 N–H and O–H groups in total. The minimum Gasteiger partial charge on any atom is -0.314 e. The summed E-state index contributed by atoms with van der Waals surface area (Å²) >= 11 is 0. The molecule has 86 valence electrons. The van der Waals surface area contributed by atoms with Gasteiger partial charge in [0.25, 0.3) is 0 Å². The molecule has 0 amide bonds. The van der Waals surface area contributed by atoms with Crippen LogP contribution in [0.3, 0.4) is 0 Å². The number of nitrogens with one attached hydrogen (secondary N) is 1. The third-order valence-electron chi connectivity index (χ3n) is 3.20. The van der Waals surface area contributed by atoms with Gasteiger partial charge >= 0.3 is 0 Å². The van der Waals surface area contributed by atoms with Crippen molar-refractivity contribution in [2.45, 2.75) is 72.3 Å². The lowest BCUT2D eigenvalue weighted by Crippen LogP contribution is -2.35. The molecule has 14 heavy (non-hydrogen) atoms. The van der Waals surface area contributed by atoms with E-state index in [1.807, 2.05) is 0 Å². The van der Waals surface area contributed by atoms with Crippen LogP contribution in [-0.4, -0.2) is 12.6 Å². The minimum absolute atomic E-state index is 0.765. The Morgan fingerprint density at radius 1 is 0.929 bits per heavy atom. The SMILES string of the molecule is CCCCCC(NCC)C(CC)CC. The third kappa shape index (κ3) is 5.64. The van der Waals surface area contributed by atoms with Crippen molar-refractivity contribution in [2.24, 2.45) is 5.92 Å². The first-order valence-corrected chi connectivity index (χ1v) is 6.53. The van der Waals surface area contributed by atoms with E-state index in [9.17, 15) is 0 Å². The summed E-state index contributed by atoms with van der Waals surface area (Å²) in [5.41, 5.74) is 0. The Kier molecular flexibility index (Phi) is 9.49. The Bertz CT molecular complexity index is 108.